The maximum absolute atomic E-state index is 8.89. The van der Waals surface area contributed by atoms with Crippen molar-refractivity contribution in [2.24, 2.45) is 0 Å². The van der Waals surface area contributed by atoms with E-state index >= 15 is 0 Å². The molecule has 2 aromatic carbocycles. The predicted octanol–water partition coefficient (Wildman–Crippen LogP) is 3.30. The molecule has 0 unspecified atom stereocenters. The Labute approximate surface area is 158 Å². The molecule has 3 aromatic rings. The molecule has 0 bridgehead atoms. The summed E-state index contributed by atoms with van der Waals surface area (Å²) in [4.78, 5) is 2.22. The third-order valence-corrected chi connectivity index (χ3v) is 4.80. The number of anilines is 1. The largest absolute Gasteiger partial charge is 0.350 e. The SMILES string of the molecule is CCc1ccc(N2CCO[C@H]2c2cn(Cc3ccc(C#N)cc3)nn2)cc1. The van der Waals surface area contributed by atoms with E-state index in [0.717, 1.165) is 29.9 Å². The van der Waals surface area contributed by atoms with Gasteiger partial charge in [0.05, 0.1) is 31.0 Å². The van der Waals surface area contributed by atoms with Gasteiger partial charge in [0.2, 0.25) is 0 Å². The lowest BCUT2D eigenvalue weighted by Gasteiger charge is -2.23. The van der Waals surface area contributed by atoms with Gasteiger partial charge in [-0.2, -0.15) is 5.26 Å². The van der Waals surface area contributed by atoms with Crippen LogP contribution in [0.25, 0.3) is 0 Å². The van der Waals surface area contributed by atoms with E-state index in [4.69, 9.17) is 10.00 Å². The second-order valence-electron chi connectivity index (χ2n) is 6.59. The lowest BCUT2D eigenvalue weighted by atomic mass is 10.1. The number of rotatable bonds is 5. The first-order chi connectivity index (χ1) is 13.3. The summed E-state index contributed by atoms with van der Waals surface area (Å²) in [6, 6.07) is 18.2. The Balaban J connectivity index is 1.50. The Morgan fingerprint density at radius 1 is 1.11 bits per heavy atom. The highest BCUT2D eigenvalue weighted by Crippen LogP contribution is 2.31. The quantitative estimate of drug-likeness (QED) is 0.699. The summed E-state index contributed by atoms with van der Waals surface area (Å²) in [5.74, 6) is 0. The minimum atomic E-state index is -0.216. The van der Waals surface area contributed by atoms with Crippen LogP contribution in [-0.2, 0) is 17.7 Å². The lowest BCUT2D eigenvalue weighted by Crippen LogP contribution is -2.23. The van der Waals surface area contributed by atoms with E-state index in [9.17, 15) is 0 Å². The first kappa shape index (κ1) is 17.3. The zero-order chi connectivity index (χ0) is 18.6. The normalized spacial score (nSPS) is 16.4. The van der Waals surface area contributed by atoms with Crippen LogP contribution in [-0.4, -0.2) is 28.1 Å². The topological polar surface area (TPSA) is 67.0 Å². The second-order valence-corrected chi connectivity index (χ2v) is 6.59. The Kier molecular flexibility index (Phi) is 4.86. The average Bonchev–Trinajstić information content (AvgIpc) is 3.38. The van der Waals surface area contributed by atoms with Crippen molar-refractivity contribution in [1.82, 2.24) is 15.0 Å². The standard InChI is InChI=1S/C21H21N5O/c1-2-16-7-9-19(10-8-16)26-11-12-27-21(26)20-15-25(24-23-20)14-18-5-3-17(13-22)4-6-18/h3-10,15,21H,2,11-12,14H2,1H3/t21-/m0/s1. The Morgan fingerprint density at radius 3 is 2.56 bits per heavy atom. The number of nitriles is 1. The van der Waals surface area contributed by atoms with Crippen LogP contribution in [0.3, 0.4) is 0 Å². The van der Waals surface area contributed by atoms with Crippen LogP contribution in [0, 0.1) is 11.3 Å². The van der Waals surface area contributed by atoms with Crippen LogP contribution in [0.4, 0.5) is 5.69 Å². The molecule has 1 aromatic heterocycles. The lowest BCUT2D eigenvalue weighted by molar-refractivity contribution is 0.110. The minimum absolute atomic E-state index is 0.216. The fourth-order valence-corrected chi connectivity index (χ4v) is 3.28. The van der Waals surface area contributed by atoms with Crippen molar-refractivity contribution in [2.75, 3.05) is 18.1 Å². The van der Waals surface area contributed by atoms with E-state index < -0.39 is 0 Å². The molecule has 136 valence electrons. The maximum Gasteiger partial charge on any atom is 0.177 e. The van der Waals surface area contributed by atoms with E-state index in [1.807, 2.05) is 30.5 Å². The molecule has 0 N–H and O–H groups in total. The van der Waals surface area contributed by atoms with Crippen LogP contribution in [0.2, 0.25) is 0 Å². The van der Waals surface area contributed by atoms with Gasteiger partial charge in [0, 0.05) is 12.2 Å². The van der Waals surface area contributed by atoms with E-state index in [2.05, 4.69) is 52.5 Å². The van der Waals surface area contributed by atoms with E-state index in [1.165, 1.54) is 5.56 Å². The Morgan fingerprint density at radius 2 is 1.85 bits per heavy atom. The van der Waals surface area contributed by atoms with Crippen LogP contribution in [0.5, 0.6) is 0 Å². The van der Waals surface area contributed by atoms with Crippen LogP contribution in [0.1, 0.15) is 35.5 Å². The third-order valence-electron chi connectivity index (χ3n) is 4.80. The maximum atomic E-state index is 8.89. The van der Waals surface area contributed by atoms with Crippen molar-refractivity contribution < 1.29 is 4.74 Å². The highest BCUT2D eigenvalue weighted by atomic mass is 16.5. The number of nitrogens with zero attached hydrogens (tertiary/aromatic N) is 5. The number of hydrogen-bond acceptors (Lipinski definition) is 5. The molecule has 0 radical (unpaired) electrons. The molecule has 0 aliphatic carbocycles. The molecule has 0 amide bonds. The molecule has 2 heterocycles. The van der Waals surface area contributed by atoms with Crippen LogP contribution >= 0.6 is 0 Å². The zero-order valence-electron chi connectivity index (χ0n) is 15.2. The van der Waals surface area contributed by atoms with Gasteiger partial charge in [-0.3, -0.25) is 0 Å². The number of aryl methyl sites for hydroxylation is 1. The second kappa shape index (κ2) is 7.60. The van der Waals surface area contributed by atoms with Crippen molar-refractivity contribution in [3.8, 4) is 6.07 Å². The van der Waals surface area contributed by atoms with Crippen LogP contribution < -0.4 is 4.90 Å². The summed E-state index contributed by atoms with van der Waals surface area (Å²) in [7, 11) is 0. The van der Waals surface area contributed by atoms with E-state index in [1.54, 1.807) is 4.68 Å². The fourth-order valence-electron chi connectivity index (χ4n) is 3.28. The summed E-state index contributed by atoms with van der Waals surface area (Å²) in [6.45, 7) is 4.26. The minimum Gasteiger partial charge on any atom is -0.350 e. The average molecular weight is 359 g/mol. The molecule has 6 nitrogen and oxygen atoms in total. The molecule has 1 saturated heterocycles. The van der Waals surface area contributed by atoms with Crippen molar-refractivity contribution in [3.05, 3.63) is 77.1 Å². The van der Waals surface area contributed by atoms with Gasteiger partial charge in [0.25, 0.3) is 0 Å². The molecule has 0 spiro atoms. The van der Waals surface area contributed by atoms with Gasteiger partial charge >= 0.3 is 0 Å². The highest BCUT2D eigenvalue weighted by molar-refractivity contribution is 5.49. The van der Waals surface area contributed by atoms with Gasteiger partial charge in [-0.05, 0) is 41.8 Å². The van der Waals surface area contributed by atoms with Gasteiger partial charge < -0.3 is 9.64 Å². The van der Waals surface area contributed by atoms with Gasteiger partial charge in [-0.25, -0.2) is 4.68 Å². The first-order valence-electron chi connectivity index (χ1n) is 9.13. The van der Waals surface area contributed by atoms with E-state index in [0.29, 0.717) is 18.7 Å². The fraction of sp³-hybridized carbons (Fsp3) is 0.286. The molecule has 1 fully saturated rings. The van der Waals surface area contributed by atoms with Crippen molar-refractivity contribution >= 4 is 5.69 Å². The van der Waals surface area contributed by atoms with Gasteiger partial charge in [0.15, 0.2) is 6.23 Å². The Hall–Kier alpha value is -3.17. The molecule has 0 saturated carbocycles. The van der Waals surface area contributed by atoms with E-state index in [-0.39, 0.29) is 6.23 Å². The number of aromatic nitrogens is 3. The smallest absolute Gasteiger partial charge is 0.177 e. The summed E-state index contributed by atoms with van der Waals surface area (Å²) >= 11 is 0. The summed E-state index contributed by atoms with van der Waals surface area (Å²) in [5.41, 5.74) is 4.99. The summed E-state index contributed by atoms with van der Waals surface area (Å²) in [6.07, 6.45) is 2.75. The van der Waals surface area contributed by atoms with Gasteiger partial charge in [0.1, 0.15) is 5.69 Å². The van der Waals surface area contributed by atoms with Gasteiger partial charge in [-0.1, -0.05) is 36.4 Å². The highest BCUT2D eigenvalue weighted by Gasteiger charge is 2.29. The molecular formula is C21H21N5O. The molecule has 1 atom stereocenters. The van der Waals surface area contributed by atoms with Crippen molar-refractivity contribution in [1.29, 1.82) is 5.26 Å². The number of hydrogen-bond donors (Lipinski definition) is 0. The molecule has 27 heavy (non-hydrogen) atoms. The summed E-state index contributed by atoms with van der Waals surface area (Å²) in [5, 5.41) is 17.5. The summed E-state index contributed by atoms with van der Waals surface area (Å²) < 4.78 is 7.73. The van der Waals surface area contributed by atoms with Gasteiger partial charge in [-0.15, -0.1) is 5.10 Å². The van der Waals surface area contributed by atoms with Crippen molar-refractivity contribution in [2.45, 2.75) is 26.1 Å². The predicted molar refractivity (Wildman–Crippen MR) is 102 cm³/mol. The third kappa shape index (κ3) is 3.69. The number of ether oxygens (including phenoxy) is 1. The van der Waals surface area contributed by atoms with Crippen LogP contribution in [0.15, 0.2) is 54.7 Å². The molecule has 6 heteroatoms. The molecule has 4 rings (SSSR count). The van der Waals surface area contributed by atoms with Crippen molar-refractivity contribution in [3.63, 3.8) is 0 Å². The zero-order valence-corrected chi connectivity index (χ0v) is 15.2. The molecule has 1 aliphatic rings. The Bertz CT molecular complexity index is 940. The first-order valence-corrected chi connectivity index (χ1v) is 9.13. The molecular weight excluding hydrogens is 338 g/mol. The molecule has 1 aliphatic heterocycles. The number of benzene rings is 2. The monoisotopic (exact) mass is 359 g/mol.